The zero-order valence-electron chi connectivity index (χ0n) is 13.0. The van der Waals surface area contributed by atoms with Crippen molar-refractivity contribution in [3.63, 3.8) is 0 Å². The number of rotatable bonds is 3. The zero-order valence-corrected chi connectivity index (χ0v) is 13.8. The molecule has 6 nitrogen and oxygen atoms in total. The number of aliphatic hydroxyl groups excluding tert-OH is 1. The topological polar surface area (TPSA) is 83.9 Å². The highest BCUT2D eigenvalue weighted by atomic mass is 32.2. The molecule has 0 unspecified atom stereocenters. The second kappa shape index (κ2) is 5.74. The van der Waals surface area contributed by atoms with Crippen molar-refractivity contribution in [3.05, 3.63) is 41.5 Å². The van der Waals surface area contributed by atoms with Crippen molar-refractivity contribution in [1.82, 2.24) is 4.31 Å². The number of fused-ring (bicyclic) bond motifs is 1. The van der Waals surface area contributed by atoms with E-state index in [0.717, 1.165) is 9.87 Å². The Balaban J connectivity index is 1.94. The Kier molecular flexibility index (Phi) is 4.03. The second-order valence-corrected chi connectivity index (χ2v) is 7.84. The van der Waals surface area contributed by atoms with E-state index in [9.17, 15) is 18.3 Å². The number of carbonyl (C=O) groups excluding carboxylic acids is 1. The molecule has 23 heavy (non-hydrogen) atoms. The number of aryl methyl sites for hydroxylation is 1. The van der Waals surface area contributed by atoms with Crippen molar-refractivity contribution >= 4 is 15.9 Å². The number of methoxy groups -OCH3 is 1. The molecule has 3 rings (SSSR count). The van der Waals surface area contributed by atoms with Crippen LogP contribution in [-0.2, 0) is 19.6 Å². The number of carbonyl (C=O) groups is 1. The van der Waals surface area contributed by atoms with Crippen LogP contribution in [-0.4, -0.2) is 49.6 Å². The van der Waals surface area contributed by atoms with Crippen LogP contribution < -0.4 is 0 Å². The van der Waals surface area contributed by atoms with E-state index < -0.39 is 28.1 Å². The van der Waals surface area contributed by atoms with Crippen molar-refractivity contribution in [2.45, 2.75) is 30.4 Å². The fourth-order valence-corrected chi connectivity index (χ4v) is 4.53. The van der Waals surface area contributed by atoms with E-state index in [4.69, 9.17) is 4.74 Å². The van der Waals surface area contributed by atoms with Crippen LogP contribution in [0.3, 0.4) is 0 Å². The molecule has 1 fully saturated rings. The lowest BCUT2D eigenvalue weighted by molar-refractivity contribution is -0.120. The summed E-state index contributed by atoms with van der Waals surface area (Å²) in [6.07, 6.45) is 0.553. The quantitative estimate of drug-likeness (QED) is 0.884. The minimum absolute atomic E-state index is 0.0639. The molecule has 1 N–H and O–H groups in total. The van der Waals surface area contributed by atoms with Gasteiger partial charge in [0.05, 0.1) is 11.0 Å². The Morgan fingerprint density at radius 2 is 1.91 bits per heavy atom. The van der Waals surface area contributed by atoms with Crippen molar-refractivity contribution in [2.24, 2.45) is 5.92 Å². The SMILES string of the molecule is CO[C@H]1C=C2C(=O)N(S(=O)(=O)c3ccc(C)cc3)C[C@H]2C[C@@H]1O. The first-order valence-electron chi connectivity index (χ1n) is 7.41. The van der Waals surface area contributed by atoms with Gasteiger partial charge in [0.2, 0.25) is 0 Å². The van der Waals surface area contributed by atoms with Crippen LogP contribution in [0.25, 0.3) is 0 Å². The fraction of sp³-hybridized carbons (Fsp3) is 0.438. The van der Waals surface area contributed by atoms with Gasteiger partial charge in [-0.25, -0.2) is 12.7 Å². The summed E-state index contributed by atoms with van der Waals surface area (Å²) in [5.41, 5.74) is 1.36. The lowest BCUT2D eigenvalue weighted by atomic mass is 9.86. The maximum absolute atomic E-state index is 12.7. The first-order chi connectivity index (χ1) is 10.8. The highest BCUT2D eigenvalue weighted by Gasteiger charge is 2.45. The largest absolute Gasteiger partial charge is 0.390 e. The summed E-state index contributed by atoms with van der Waals surface area (Å²) < 4.78 is 31.5. The molecule has 0 saturated carbocycles. The number of ether oxygens (including phenoxy) is 1. The van der Waals surface area contributed by atoms with Gasteiger partial charge in [0.25, 0.3) is 15.9 Å². The lowest BCUT2D eigenvalue weighted by Gasteiger charge is -2.26. The number of amides is 1. The Morgan fingerprint density at radius 3 is 2.52 bits per heavy atom. The monoisotopic (exact) mass is 337 g/mol. The molecular formula is C16H19NO5S. The van der Waals surface area contributed by atoms with E-state index in [2.05, 4.69) is 0 Å². The number of nitrogens with zero attached hydrogens (tertiary/aromatic N) is 1. The first-order valence-corrected chi connectivity index (χ1v) is 8.85. The molecule has 1 heterocycles. The van der Waals surface area contributed by atoms with Gasteiger partial charge < -0.3 is 9.84 Å². The van der Waals surface area contributed by atoms with Crippen molar-refractivity contribution in [3.8, 4) is 0 Å². The number of sulfonamides is 1. The summed E-state index contributed by atoms with van der Waals surface area (Å²) in [6, 6.07) is 6.40. The maximum Gasteiger partial charge on any atom is 0.266 e. The van der Waals surface area contributed by atoms with Gasteiger partial charge in [-0.3, -0.25) is 4.79 Å². The van der Waals surface area contributed by atoms with Crippen LogP contribution in [0.5, 0.6) is 0 Å². The molecule has 1 aromatic carbocycles. The molecule has 1 amide bonds. The Morgan fingerprint density at radius 1 is 1.26 bits per heavy atom. The predicted molar refractivity (Wildman–Crippen MR) is 83.1 cm³/mol. The third-order valence-electron chi connectivity index (χ3n) is 4.43. The Labute approximate surface area is 135 Å². The predicted octanol–water partition coefficient (Wildman–Crippen LogP) is 0.848. The molecule has 0 radical (unpaired) electrons. The van der Waals surface area contributed by atoms with Crippen LogP contribution in [0.1, 0.15) is 12.0 Å². The van der Waals surface area contributed by atoms with E-state index >= 15 is 0 Å². The molecule has 0 aromatic heterocycles. The molecule has 1 saturated heterocycles. The molecule has 0 bridgehead atoms. The van der Waals surface area contributed by atoms with E-state index in [1.807, 2.05) is 6.92 Å². The Hall–Kier alpha value is -1.70. The molecule has 124 valence electrons. The molecule has 1 aliphatic heterocycles. The Bertz CT molecular complexity index is 753. The van der Waals surface area contributed by atoms with Crippen LogP contribution in [0.4, 0.5) is 0 Å². The van der Waals surface area contributed by atoms with E-state index in [0.29, 0.717) is 12.0 Å². The first kappa shape index (κ1) is 16.2. The zero-order chi connectivity index (χ0) is 16.8. The van der Waals surface area contributed by atoms with Crippen molar-refractivity contribution in [2.75, 3.05) is 13.7 Å². The summed E-state index contributed by atoms with van der Waals surface area (Å²) in [6.45, 7) is 1.93. The van der Waals surface area contributed by atoms with Gasteiger partial charge in [0.1, 0.15) is 6.10 Å². The molecular weight excluding hydrogens is 318 g/mol. The van der Waals surface area contributed by atoms with Crippen molar-refractivity contribution < 1.29 is 23.1 Å². The average Bonchev–Trinajstić information content (AvgIpc) is 2.83. The van der Waals surface area contributed by atoms with Crippen LogP contribution >= 0.6 is 0 Å². The smallest absolute Gasteiger partial charge is 0.266 e. The van der Waals surface area contributed by atoms with Gasteiger partial charge in [-0.2, -0.15) is 0 Å². The van der Waals surface area contributed by atoms with Gasteiger partial charge in [-0.15, -0.1) is 0 Å². The molecule has 3 atom stereocenters. The van der Waals surface area contributed by atoms with E-state index in [1.54, 1.807) is 18.2 Å². The lowest BCUT2D eigenvalue weighted by Crippen LogP contribution is -2.33. The van der Waals surface area contributed by atoms with Crippen molar-refractivity contribution in [1.29, 1.82) is 0 Å². The van der Waals surface area contributed by atoms with Gasteiger partial charge in [0.15, 0.2) is 0 Å². The maximum atomic E-state index is 12.7. The molecule has 1 aromatic rings. The van der Waals surface area contributed by atoms with Gasteiger partial charge in [0, 0.05) is 25.1 Å². The van der Waals surface area contributed by atoms with Crippen LogP contribution in [0, 0.1) is 12.8 Å². The third-order valence-corrected chi connectivity index (χ3v) is 6.19. The molecule has 7 heteroatoms. The fourth-order valence-electron chi connectivity index (χ4n) is 3.09. The van der Waals surface area contributed by atoms with Crippen LogP contribution in [0.2, 0.25) is 0 Å². The standard InChI is InChI=1S/C16H19NO5S/c1-10-3-5-12(6-4-10)23(20,21)17-9-11-7-14(18)15(22-2)8-13(11)16(17)19/h3-6,8,11,14-15,18H,7,9H2,1-2H3/t11-,14+,15+/m1/s1. The summed E-state index contributed by atoms with van der Waals surface area (Å²) in [7, 11) is -2.43. The van der Waals surface area contributed by atoms with E-state index in [1.165, 1.54) is 19.2 Å². The summed E-state index contributed by atoms with van der Waals surface area (Å²) in [5.74, 6) is -0.811. The molecule has 2 aliphatic rings. The second-order valence-electron chi connectivity index (χ2n) is 5.98. The summed E-state index contributed by atoms with van der Waals surface area (Å²) in [5, 5.41) is 9.99. The summed E-state index contributed by atoms with van der Waals surface area (Å²) in [4.78, 5) is 12.6. The number of hydrogen-bond acceptors (Lipinski definition) is 5. The third kappa shape index (κ3) is 2.69. The average molecular weight is 337 g/mol. The minimum Gasteiger partial charge on any atom is -0.390 e. The van der Waals surface area contributed by atoms with Gasteiger partial charge in [-0.05, 0) is 31.6 Å². The van der Waals surface area contributed by atoms with E-state index in [-0.39, 0.29) is 17.4 Å². The number of benzene rings is 1. The van der Waals surface area contributed by atoms with Gasteiger partial charge >= 0.3 is 0 Å². The molecule has 1 aliphatic carbocycles. The van der Waals surface area contributed by atoms with Crippen LogP contribution in [0.15, 0.2) is 40.8 Å². The highest BCUT2D eigenvalue weighted by Crippen LogP contribution is 2.36. The highest BCUT2D eigenvalue weighted by molar-refractivity contribution is 7.89. The minimum atomic E-state index is -3.88. The molecule has 0 spiro atoms. The summed E-state index contributed by atoms with van der Waals surface area (Å²) >= 11 is 0. The normalized spacial score (nSPS) is 27.8. The van der Waals surface area contributed by atoms with Gasteiger partial charge in [-0.1, -0.05) is 17.7 Å². The number of aliphatic hydroxyl groups is 1. The number of hydrogen-bond donors (Lipinski definition) is 1.